The van der Waals surface area contributed by atoms with E-state index in [9.17, 15) is 0 Å². The average molecular weight is 531 g/mol. The second-order valence-electron chi connectivity index (χ2n) is 12.5. The lowest BCUT2D eigenvalue weighted by Gasteiger charge is -2.22. The zero-order valence-corrected chi connectivity index (χ0v) is 26.8. The van der Waals surface area contributed by atoms with Gasteiger partial charge in [-0.1, -0.05) is 175 Å². The van der Waals surface area contributed by atoms with Crippen molar-refractivity contribution in [2.24, 2.45) is 0 Å². The summed E-state index contributed by atoms with van der Waals surface area (Å²) in [6.07, 6.45) is 42.4. The number of rotatable bonds is 29. The highest BCUT2D eigenvalue weighted by molar-refractivity contribution is 5.02. The summed E-state index contributed by atoms with van der Waals surface area (Å²) in [4.78, 5) is 4.91. The summed E-state index contributed by atoms with van der Waals surface area (Å²) in [5.74, 6) is 2.04. The minimum absolute atomic E-state index is 0.591. The normalized spacial score (nSPS) is 13.3. The van der Waals surface area contributed by atoms with Crippen LogP contribution in [0.3, 0.4) is 0 Å². The molecule has 224 valence electrons. The molecule has 0 aliphatic rings. The smallest absolute Gasteiger partial charge is 0.111 e. The summed E-state index contributed by atoms with van der Waals surface area (Å²) in [5.41, 5.74) is 0. The molecule has 2 atom stereocenters. The van der Waals surface area contributed by atoms with Gasteiger partial charge in [-0.05, 0) is 26.2 Å². The first-order valence-corrected chi connectivity index (χ1v) is 17.8. The van der Waals surface area contributed by atoms with Crippen LogP contribution in [0, 0.1) is 0 Å². The van der Waals surface area contributed by atoms with Gasteiger partial charge in [0, 0.05) is 24.4 Å². The number of hydrogen-bond donors (Lipinski definition) is 0. The molecule has 1 aromatic rings. The van der Waals surface area contributed by atoms with Gasteiger partial charge < -0.3 is 4.57 Å². The zero-order chi connectivity index (χ0) is 27.5. The van der Waals surface area contributed by atoms with Gasteiger partial charge in [-0.25, -0.2) is 4.98 Å². The Morgan fingerprint density at radius 3 is 1.32 bits per heavy atom. The van der Waals surface area contributed by atoms with Gasteiger partial charge in [0.15, 0.2) is 0 Å². The molecule has 2 nitrogen and oxygen atoms in total. The highest BCUT2D eigenvalue weighted by Gasteiger charge is 2.19. The van der Waals surface area contributed by atoms with E-state index >= 15 is 0 Å². The van der Waals surface area contributed by atoms with Gasteiger partial charge in [0.05, 0.1) is 0 Å². The summed E-state index contributed by atoms with van der Waals surface area (Å²) < 4.78 is 2.54. The highest BCUT2D eigenvalue weighted by Crippen LogP contribution is 2.30. The van der Waals surface area contributed by atoms with Crippen molar-refractivity contribution in [3.63, 3.8) is 0 Å². The molecule has 0 amide bonds. The number of imidazole rings is 1. The second-order valence-corrected chi connectivity index (χ2v) is 12.5. The summed E-state index contributed by atoms with van der Waals surface area (Å²) in [5, 5.41) is 0. The standard InChI is InChI=1S/C36H70N2/c1-5-8-11-13-15-16-17-18-19-20-21-22-23-24-26-28-31-35(30-10-7-3)36-37-32-33-38(36)34(4)29-27-25-14-12-9-6-2/h32-35H,5-31H2,1-4H3. The van der Waals surface area contributed by atoms with Crippen LogP contribution in [0.15, 0.2) is 12.4 Å². The Kier molecular flexibility index (Phi) is 24.5. The average Bonchev–Trinajstić information content (AvgIpc) is 3.42. The van der Waals surface area contributed by atoms with Crippen LogP contribution in [-0.4, -0.2) is 9.55 Å². The van der Waals surface area contributed by atoms with E-state index in [-0.39, 0.29) is 0 Å². The first-order valence-electron chi connectivity index (χ1n) is 17.8. The molecule has 0 aromatic carbocycles. The molecule has 2 unspecified atom stereocenters. The third-order valence-corrected chi connectivity index (χ3v) is 8.83. The van der Waals surface area contributed by atoms with Crippen molar-refractivity contribution in [3.8, 4) is 0 Å². The number of aromatic nitrogens is 2. The third-order valence-electron chi connectivity index (χ3n) is 8.83. The minimum atomic E-state index is 0.591. The summed E-state index contributed by atoms with van der Waals surface area (Å²) in [6, 6.07) is 0.591. The lowest BCUT2D eigenvalue weighted by molar-refractivity contribution is 0.416. The van der Waals surface area contributed by atoms with Crippen LogP contribution in [0.5, 0.6) is 0 Å². The number of nitrogens with zero attached hydrogens (tertiary/aromatic N) is 2. The third kappa shape index (κ3) is 18.5. The first-order chi connectivity index (χ1) is 18.7. The van der Waals surface area contributed by atoms with Gasteiger partial charge in [0.1, 0.15) is 5.82 Å². The minimum Gasteiger partial charge on any atom is -0.332 e. The molecule has 0 fully saturated rings. The van der Waals surface area contributed by atoms with Crippen LogP contribution in [0.4, 0.5) is 0 Å². The van der Waals surface area contributed by atoms with E-state index < -0.39 is 0 Å². The Morgan fingerprint density at radius 2 is 0.868 bits per heavy atom. The van der Waals surface area contributed by atoms with Gasteiger partial charge in [0.25, 0.3) is 0 Å². The van der Waals surface area contributed by atoms with E-state index in [1.165, 1.54) is 179 Å². The molecule has 0 aliphatic heterocycles. The molecule has 0 saturated heterocycles. The Labute approximate surface area is 240 Å². The van der Waals surface area contributed by atoms with Gasteiger partial charge in [-0.3, -0.25) is 0 Å². The van der Waals surface area contributed by atoms with E-state index in [1.54, 1.807) is 0 Å². The molecule has 38 heavy (non-hydrogen) atoms. The maximum atomic E-state index is 4.91. The van der Waals surface area contributed by atoms with Crippen LogP contribution in [-0.2, 0) is 0 Å². The Balaban J connectivity index is 2.17. The van der Waals surface area contributed by atoms with Gasteiger partial charge in [-0.15, -0.1) is 0 Å². The first kappa shape index (κ1) is 35.2. The molecule has 0 spiro atoms. The van der Waals surface area contributed by atoms with Crippen LogP contribution in [0.25, 0.3) is 0 Å². The predicted molar refractivity (Wildman–Crippen MR) is 171 cm³/mol. The monoisotopic (exact) mass is 531 g/mol. The van der Waals surface area contributed by atoms with Crippen molar-refractivity contribution in [2.75, 3.05) is 0 Å². The van der Waals surface area contributed by atoms with E-state index in [0.717, 1.165) is 0 Å². The molecule has 0 N–H and O–H groups in total. The molecule has 0 saturated carbocycles. The molecule has 2 heteroatoms. The van der Waals surface area contributed by atoms with E-state index in [0.29, 0.717) is 12.0 Å². The molecule has 0 radical (unpaired) electrons. The van der Waals surface area contributed by atoms with Crippen molar-refractivity contribution in [1.82, 2.24) is 9.55 Å². The van der Waals surface area contributed by atoms with Crippen molar-refractivity contribution in [2.45, 2.75) is 213 Å². The zero-order valence-electron chi connectivity index (χ0n) is 26.8. The molecule has 1 heterocycles. The number of hydrogen-bond acceptors (Lipinski definition) is 1. The number of unbranched alkanes of at least 4 members (excludes halogenated alkanes) is 21. The van der Waals surface area contributed by atoms with Crippen LogP contribution >= 0.6 is 0 Å². The summed E-state index contributed by atoms with van der Waals surface area (Å²) in [6.45, 7) is 9.36. The second kappa shape index (κ2) is 26.4. The van der Waals surface area contributed by atoms with E-state index in [2.05, 4.69) is 44.7 Å². The molecule has 1 rings (SSSR count). The Morgan fingerprint density at radius 1 is 0.500 bits per heavy atom. The highest BCUT2D eigenvalue weighted by atomic mass is 15.1. The fourth-order valence-corrected chi connectivity index (χ4v) is 6.16. The quantitative estimate of drug-likeness (QED) is 0.0941. The van der Waals surface area contributed by atoms with Crippen molar-refractivity contribution in [3.05, 3.63) is 18.2 Å². The lowest BCUT2D eigenvalue weighted by atomic mass is 9.93. The SMILES string of the molecule is CCCCCCCCCCCCCCCCCCC(CCCC)c1nccn1C(C)CCCCCCCC. The topological polar surface area (TPSA) is 17.8 Å². The van der Waals surface area contributed by atoms with Crippen LogP contribution in [0.2, 0.25) is 0 Å². The van der Waals surface area contributed by atoms with Crippen LogP contribution in [0.1, 0.15) is 219 Å². The predicted octanol–water partition coefficient (Wildman–Crippen LogP) is 13.1. The van der Waals surface area contributed by atoms with Crippen molar-refractivity contribution < 1.29 is 0 Å². The van der Waals surface area contributed by atoms with Crippen molar-refractivity contribution in [1.29, 1.82) is 0 Å². The molecule has 0 aliphatic carbocycles. The molecule has 0 bridgehead atoms. The molecular formula is C36H70N2. The molecule has 1 aromatic heterocycles. The Hall–Kier alpha value is -0.790. The van der Waals surface area contributed by atoms with Gasteiger partial charge in [0.2, 0.25) is 0 Å². The van der Waals surface area contributed by atoms with Gasteiger partial charge in [-0.2, -0.15) is 0 Å². The summed E-state index contributed by atoms with van der Waals surface area (Å²) >= 11 is 0. The van der Waals surface area contributed by atoms with Crippen LogP contribution < -0.4 is 0 Å². The maximum Gasteiger partial charge on any atom is 0.111 e. The summed E-state index contributed by atoms with van der Waals surface area (Å²) in [7, 11) is 0. The van der Waals surface area contributed by atoms with Gasteiger partial charge >= 0.3 is 0 Å². The largest absolute Gasteiger partial charge is 0.332 e. The maximum absolute atomic E-state index is 4.91. The van der Waals surface area contributed by atoms with E-state index in [4.69, 9.17) is 4.98 Å². The van der Waals surface area contributed by atoms with E-state index in [1.807, 2.05) is 0 Å². The molecular weight excluding hydrogens is 460 g/mol. The lowest BCUT2D eigenvalue weighted by Crippen LogP contribution is -2.13. The van der Waals surface area contributed by atoms with Crippen molar-refractivity contribution >= 4 is 0 Å². The fraction of sp³-hybridized carbons (Fsp3) is 0.917. The Bertz CT molecular complexity index is 592. The fourth-order valence-electron chi connectivity index (χ4n) is 6.16.